The van der Waals surface area contributed by atoms with Crippen LogP contribution in [0.2, 0.25) is 5.02 Å². The van der Waals surface area contributed by atoms with Crippen molar-refractivity contribution < 1.29 is 9.84 Å². The summed E-state index contributed by atoms with van der Waals surface area (Å²) in [7, 11) is 0. The fraction of sp³-hybridized carbons (Fsp3) is 0.500. The number of likely N-dealkylation sites (tertiary alicyclic amines) is 1. The molecule has 1 N–H and O–H groups in total. The Morgan fingerprint density at radius 2 is 2.15 bits per heavy atom. The normalized spacial score (nSPS) is 18.8. The molecule has 3 nitrogen and oxygen atoms in total. The Labute approximate surface area is 125 Å². The highest BCUT2D eigenvalue weighted by Gasteiger charge is 2.22. The number of halogens is 1. The quantitative estimate of drug-likeness (QED) is 0.814. The first-order chi connectivity index (χ1) is 9.61. The Morgan fingerprint density at radius 1 is 1.45 bits per heavy atom. The van der Waals surface area contributed by atoms with Crippen LogP contribution in [-0.2, 0) is 0 Å². The Bertz CT molecular complexity index is 458. The van der Waals surface area contributed by atoms with Crippen molar-refractivity contribution in [2.75, 3.05) is 19.6 Å². The fourth-order valence-corrected chi connectivity index (χ4v) is 2.92. The van der Waals surface area contributed by atoms with Gasteiger partial charge in [0.05, 0.1) is 17.4 Å². The van der Waals surface area contributed by atoms with E-state index in [2.05, 4.69) is 18.4 Å². The molecule has 1 aliphatic heterocycles. The molecule has 0 aliphatic carbocycles. The van der Waals surface area contributed by atoms with Crippen molar-refractivity contribution in [3.8, 4) is 5.75 Å². The number of hydrogen-bond acceptors (Lipinski definition) is 3. The van der Waals surface area contributed by atoms with Crippen LogP contribution >= 0.6 is 11.6 Å². The number of nitrogens with zero attached hydrogens (tertiary/aromatic N) is 1. The number of ether oxygens (including phenoxy) is 1. The minimum Gasteiger partial charge on any atom is -0.464 e. The average Bonchev–Trinajstić information content (AvgIpc) is 2.93. The van der Waals surface area contributed by atoms with Gasteiger partial charge in [-0.15, -0.1) is 0 Å². The predicted octanol–water partition coefficient (Wildman–Crippen LogP) is 3.63. The van der Waals surface area contributed by atoms with Crippen molar-refractivity contribution in [3.63, 3.8) is 0 Å². The molecule has 0 amide bonds. The smallest absolute Gasteiger partial charge is 0.145 e. The molecule has 0 saturated carbocycles. The van der Waals surface area contributed by atoms with Crippen molar-refractivity contribution in [1.82, 2.24) is 4.90 Å². The van der Waals surface area contributed by atoms with Crippen molar-refractivity contribution in [2.24, 2.45) is 5.92 Å². The van der Waals surface area contributed by atoms with Crippen LogP contribution in [0.1, 0.15) is 31.4 Å². The van der Waals surface area contributed by atoms with E-state index >= 15 is 0 Å². The summed E-state index contributed by atoms with van der Waals surface area (Å²) in [5, 5.41) is 10.9. The van der Waals surface area contributed by atoms with Gasteiger partial charge in [0.2, 0.25) is 0 Å². The number of rotatable bonds is 6. The van der Waals surface area contributed by atoms with Gasteiger partial charge in [-0.1, -0.05) is 31.2 Å². The molecule has 0 aromatic heterocycles. The van der Waals surface area contributed by atoms with Gasteiger partial charge in [-0.3, -0.25) is 0 Å². The van der Waals surface area contributed by atoms with Gasteiger partial charge >= 0.3 is 0 Å². The largest absolute Gasteiger partial charge is 0.464 e. The van der Waals surface area contributed by atoms with Crippen LogP contribution in [0, 0.1) is 5.92 Å². The first kappa shape index (κ1) is 15.4. The minimum absolute atomic E-state index is 0.176. The molecule has 110 valence electrons. The standard InChI is InChI=1S/C16H22ClNO2/c1-3-20-15-7-6-13(10-14(15)17)16(19)12(2)11-18-8-4-5-9-18/h3,6-7,10,12,16,19H,1,4-5,8-9,11H2,2H3/t12-,16+/m1/s1. The lowest BCUT2D eigenvalue weighted by Gasteiger charge is -2.25. The predicted molar refractivity (Wildman–Crippen MR) is 82.1 cm³/mol. The number of benzene rings is 1. The van der Waals surface area contributed by atoms with Gasteiger partial charge in [0.15, 0.2) is 0 Å². The van der Waals surface area contributed by atoms with E-state index < -0.39 is 6.10 Å². The third-order valence-electron chi connectivity index (χ3n) is 3.79. The summed E-state index contributed by atoms with van der Waals surface area (Å²) in [6, 6.07) is 5.40. The zero-order chi connectivity index (χ0) is 14.5. The fourth-order valence-electron chi connectivity index (χ4n) is 2.69. The topological polar surface area (TPSA) is 32.7 Å². The molecule has 1 saturated heterocycles. The summed E-state index contributed by atoms with van der Waals surface area (Å²) in [6.45, 7) is 8.78. The maximum Gasteiger partial charge on any atom is 0.145 e. The zero-order valence-corrected chi connectivity index (χ0v) is 12.6. The Kier molecular flexibility index (Phi) is 5.46. The molecule has 0 spiro atoms. The molecular weight excluding hydrogens is 274 g/mol. The minimum atomic E-state index is -0.508. The zero-order valence-electron chi connectivity index (χ0n) is 11.9. The van der Waals surface area contributed by atoms with Gasteiger partial charge < -0.3 is 14.7 Å². The molecule has 1 fully saturated rings. The van der Waals surface area contributed by atoms with Crippen LogP contribution < -0.4 is 4.74 Å². The van der Waals surface area contributed by atoms with Crippen LogP contribution in [0.15, 0.2) is 31.0 Å². The lowest BCUT2D eigenvalue weighted by atomic mass is 9.97. The Hall–Kier alpha value is -1.03. The first-order valence-electron chi connectivity index (χ1n) is 7.09. The molecule has 1 heterocycles. The lowest BCUT2D eigenvalue weighted by molar-refractivity contribution is 0.0945. The van der Waals surface area contributed by atoms with Crippen molar-refractivity contribution >= 4 is 11.6 Å². The summed E-state index contributed by atoms with van der Waals surface area (Å²) in [6.07, 6.45) is 3.36. The maximum atomic E-state index is 10.4. The second-order valence-corrected chi connectivity index (χ2v) is 5.81. The van der Waals surface area contributed by atoms with Gasteiger partial charge in [0.25, 0.3) is 0 Å². The monoisotopic (exact) mass is 295 g/mol. The molecule has 1 aliphatic rings. The van der Waals surface area contributed by atoms with Crippen molar-refractivity contribution in [2.45, 2.75) is 25.9 Å². The molecule has 0 bridgehead atoms. The Balaban J connectivity index is 2.01. The Morgan fingerprint density at radius 3 is 2.75 bits per heavy atom. The molecule has 0 radical (unpaired) electrons. The van der Waals surface area contributed by atoms with E-state index in [0.29, 0.717) is 10.8 Å². The number of hydrogen-bond donors (Lipinski definition) is 1. The highest BCUT2D eigenvalue weighted by molar-refractivity contribution is 6.32. The summed E-state index contributed by atoms with van der Waals surface area (Å²) in [5.74, 6) is 0.736. The molecule has 2 atom stereocenters. The van der Waals surface area contributed by atoms with E-state index in [4.69, 9.17) is 16.3 Å². The van der Waals surface area contributed by atoms with E-state index in [1.54, 1.807) is 12.1 Å². The maximum absolute atomic E-state index is 10.4. The summed E-state index contributed by atoms with van der Waals surface area (Å²) in [5.41, 5.74) is 0.832. The molecule has 4 heteroatoms. The molecule has 0 unspecified atom stereocenters. The van der Waals surface area contributed by atoms with Crippen LogP contribution in [0.4, 0.5) is 0 Å². The third-order valence-corrected chi connectivity index (χ3v) is 4.09. The van der Waals surface area contributed by atoms with Crippen LogP contribution in [0.5, 0.6) is 5.75 Å². The van der Waals surface area contributed by atoms with Crippen molar-refractivity contribution in [3.05, 3.63) is 41.6 Å². The summed E-state index contributed by atoms with van der Waals surface area (Å²) in [4.78, 5) is 2.41. The van der Waals surface area contributed by atoms with Crippen LogP contribution in [0.3, 0.4) is 0 Å². The SMILES string of the molecule is C=COc1ccc([C@@H](O)[C@H](C)CN2CCCC2)cc1Cl. The number of aliphatic hydroxyl groups excluding tert-OH is 1. The van der Waals surface area contributed by atoms with Gasteiger partial charge in [-0.05, 0) is 49.5 Å². The first-order valence-corrected chi connectivity index (χ1v) is 7.47. The summed E-state index contributed by atoms with van der Waals surface area (Å²) >= 11 is 6.13. The van der Waals surface area contributed by atoms with Crippen LogP contribution in [-0.4, -0.2) is 29.6 Å². The van der Waals surface area contributed by atoms with E-state index in [1.165, 1.54) is 19.1 Å². The van der Waals surface area contributed by atoms with Gasteiger partial charge in [0, 0.05) is 6.54 Å². The molecule has 2 rings (SSSR count). The van der Waals surface area contributed by atoms with E-state index in [0.717, 1.165) is 25.2 Å². The van der Waals surface area contributed by atoms with Gasteiger partial charge in [-0.25, -0.2) is 0 Å². The van der Waals surface area contributed by atoms with Gasteiger partial charge in [-0.2, -0.15) is 0 Å². The summed E-state index contributed by atoms with van der Waals surface area (Å²) < 4.78 is 5.18. The highest BCUT2D eigenvalue weighted by Crippen LogP contribution is 2.31. The van der Waals surface area contributed by atoms with E-state index in [9.17, 15) is 5.11 Å². The lowest BCUT2D eigenvalue weighted by Crippen LogP contribution is -2.28. The van der Waals surface area contributed by atoms with Crippen molar-refractivity contribution in [1.29, 1.82) is 0 Å². The van der Waals surface area contributed by atoms with Crippen LogP contribution in [0.25, 0.3) is 0 Å². The third kappa shape index (κ3) is 3.75. The number of aliphatic hydroxyl groups is 1. The second kappa shape index (κ2) is 7.11. The molecular formula is C16H22ClNO2. The second-order valence-electron chi connectivity index (χ2n) is 5.40. The highest BCUT2D eigenvalue weighted by atomic mass is 35.5. The van der Waals surface area contributed by atoms with Gasteiger partial charge in [0.1, 0.15) is 5.75 Å². The van der Waals surface area contributed by atoms with E-state index in [-0.39, 0.29) is 5.92 Å². The molecule has 1 aromatic carbocycles. The molecule has 1 aromatic rings. The molecule has 20 heavy (non-hydrogen) atoms. The van der Waals surface area contributed by atoms with E-state index in [1.807, 2.05) is 6.07 Å². The average molecular weight is 296 g/mol.